The van der Waals surface area contributed by atoms with Crippen molar-refractivity contribution in [2.45, 2.75) is 6.92 Å². The van der Waals surface area contributed by atoms with Crippen molar-refractivity contribution in [1.82, 2.24) is 9.80 Å². The summed E-state index contributed by atoms with van der Waals surface area (Å²) in [4.78, 5) is 27.4. The molecule has 0 saturated carbocycles. The monoisotopic (exact) mass is 337 g/mol. The summed E-state index contributed by atoms with van der Waals surface area (Å²) in [5.74, 6) is 1.04. The predicted octanol–water partition coefficient (Wildman–Crippen LogP) is 2.01. The minimum atomic E-state index is -0.344. The van der Waals surface area contributed by atoms with Crippen molar-refractivity contribution >= 4 is 17.8 Å². The second kappa shape index (κ2) is 8.28. The van der Waals surface area contributed by atoms with Crippen LogP contribution in [0.1, 0.15) is 6.92 Å². The standard InChI is InChI=1S/C16H23N3O5/c1-4-24-16(21)19-10-8-18(9-11-19)15(20)17-14-12(22-2)6-5-7-13(14)23-3/h5-7H,4,8-11H2,1-3H3,(H,17,20). The average Bonchev–Trinajstić information content (AvgIpc) is 2.62. The zero-order valence-corrected chi connectivity index (χ0v) is 14.2. The molecule has 1 N–H and O–H groups in total. The summed E-state index contributed by atoms with van der Waals surface area (Å²) in [6.45, 7) is 3.85. The molecule has 1 aliphatic heterocycles. The summed E-state index contributed by atoms with van der Waals surface area (Å²) in [5.41, 5.74) is 0.486. The molecule has 0 spiro atoms. The molecule has 0 bridgehead atoms. The zero-order chi connectivity index (χ0) is 17.5. The predicted molar refractivity (Wildman–Crippen MR) is 88.7 cm³/mol. The van der Waals surface area contributed by atoms with Crippen molar-refractivity contribution in [3.05, 3.63) is 18.2 Å². The van der Waals surface area contributed by atoms with Crippen molar-refractivity contribution in [3.63, 3.8) is 0 Å². The Morgan fingerprint density at radius 1 is 1.04 bits per heavy atom. The van der Waals surface area contributed by atoms with E-state index in [1.54, 1.807) is 34.9 Å². The maximum atomic E-state index is 12.5. The van der Waals surface area contributed by atoms with Gasteiger partial charge in [-0.05, 0) is 19.1 Å². The van der Waals surface area contributed by atoms with E-state index in [1.165, 1.54) is 14.2 Å². The highest BCUT2D eigenvalue weighted by atomic mass is 16.6. The summed E-state index contributed by atoms with van der Waals surface area (Å²) < 4.78 is 15.5. The largest absolute Gasteiger partial charge is 0.494 e. The summed E-state index contributed by atoms with van der Waals surface area (Å²) >= 11 is 0. The number of methoxy groups -OCH3 is 2. The van der Waals surface area contributed by atoms with Crippen LogP contribution in [0.4, 0.5) is 15.3 Å². The lowest BCUT2D eigenvalue weighted by atomic mass is 10.2. The fourth-order valence-corrected chi connectivity index (χ4v) is 2.47. The summed E-state index contributed by atoms with van der Waals surface area (Å²) in [5, 5.41) is 2.82. The number of ether oxygens (including phenoxy) is 3. The highest BCUT2D eigenvalue weighted by molar-refractivity contribution is 5.93. The number of hydrogen-bond acceptors (Lipinski definition) is 5. The van der Waals surface area contributed by atoms with E-state index in [-0.39, 0.29) is 12.1 Å². The van der Waals surface area contributed by atoms with Crippen LogP contribution in [0.3, 0.4) is 0 Å². The molecule has 1 saturated heterocycles. The molecule has 0 atom stereocenters. The van der Waals surface area contributed by atoms with Gasteiger partial charge in [0.05, 0.1) is 20.8 Å². The quantitative estimate of drug-likeness (QED) is 0.909. The highest BCUT2D eigenvalue weighted by Crippen LogP contribution is 2.34. The second-order valence-corrected chi connectivity index (χ2v) is 5.14. The first-order valence-corrected chi connectivity index (χ1v) is 7.79. The van der Waals surface area contributed by atoms with Crippen LogP contribution in [0.15, 0.2) is 18.2 Å². The smallest absolute Gasteiger partial charge is 0.409 e. The van der Waals surface area contributed by atoms with Gasteiger partial charge in [-0.3, -0.25) is 0 Å². The van der Waals surface area contributed by atoms with E-state index in [9.17, 15) is 9.59 Å². The van der Waals surface area contributed by atoms with Gasteiger partial charge in [0.25, 0.3) is 0 Å². The molecule has 0 unspecified atom stereocenters. The molecule has 1 aromatic rings. The molecule has 1 aliphatic rings. The molecular weight excluding hydrogens is 314 g/mol. The Hall–Kier alpha value is -2.64. The first-order chi connectivity index (χ1) is 11.6. The maximum Gasteiger partial charge on any atom is 0.409 e. The van der Waals surface area contributed by atoms with Crippen LogP contribution in [-0.2, 0) is 4.74 Å². The van der Waals surface area contributed by atoms with Crippen molar-refractivity contribution < 1.29 is 23.8 Å². The Bertz CT molecular complexity index is 563. The van der Waals surface area contributed by atoms with E-state index in [0.717, 1.165) is 0 Å². The Balaban J connectivity index is 1.98. The fourth-order valence-electron chi connectivity index (χ4n) is 2.47. The average molecular weight is 337 g/mol. The first kappa shape index (κ1) is 17.7. The molecule has 0 aromatic heterocycles. The van der Waals surface area contributed by atoms with E-state index in [1.807, 2.05) is 0 Å². The number of amides is 3. The van der Waals surface area contributed by atoms with Crippen molar-refractivity contribution in [2.24, 2.45) is 0 Å². The molecule has 24 heavy (non-hydrogen) atoms. The van der Waals surface area contributed by atoms with Crippen LogP contribution in [0, 0.1) is 0 Å². The highest BCUT2D eigenvalue weighted by Gasteiger charge is 2.26. The molecule has 1 aromatic carbocycles. The van der Waals surface area contributed by atoms with Crippen LogP contribution in [0.5, 0.6) is 11.5 Å². The van der Waals surface area contributed by atoms with Crippen molar-refractivity contribution in [3.8, 4) is 11.5 Å². The van der Waals surface area contributed by atoms with Crippen molar-refractivity contribution in [2.75, 3.05) is 52.3 Å². The third kappa shape index (κ3) is 4.01. The first-order valence-electron chi connectivity index (χ1n) is 7.79. The number of nitrogens with zero attached hydrogens (tertiary/aromatic N) is 2. The Kier molecular flexibility index (Phi) is 6.11. The van der Waals surface area contributed by atoms with Gasteiger partial charge in [0, 0.05) is 26.2 Å². The van der Waals surface area contributed by atoms with E-state index in [2.05, 4.69) is 5.32 Å². The van der Waals surface area contributed by atoms with Crippen LogP contribution in [0.2, 0.25) is 0 Å². The molecule has 8 nitrogen and oxygen atoms in total. The molecule has 0 aliphatic carbocycles. The van der Waals surface area contributed by atoms with Gasteiger partial charge < -0.3 is 29.3 Å². The Labute approximate surface area is 141 Å². The van der Waals surface area contributed by atoms with E-state index >= 15 is 0 Å². The molecule has 0 radical (unpaired) electrons. The number of para-hydroxylation sites is 1. The lowest BCUT2D eigenvalue weighted by molar-refractivity contribution is 0.0868. The second-order valence-electron chi connectivity index (χ2n) is 5.14. The van der Waals surface area contributed by atoms with Gasteiger partial charge in [-0.15, -0.1) is 0 Å². The Morgan fingerprint density at radius 3 is 2.08 bits per heavy atom. The minimum Gasteiger partial charge on any atom is -0.494 e. The number of hydrogen-bond donors (Lipinski definition) is 1. The third-order valence-electron chi connectivity index (χ3n) is 3.75. The lowest BCUT2D eigenvalue weighted by Crippen LogP contribution is -2.51. The summed E-state index contributed by atoms with van der Waals surface area (Å²) in [6, 6.07) is 5.01. The molecule has 3 amide bonds. The summed E-state index contributed by atoms with van der Waals surface area (Å²) in [6.07, 6.45) is -0.344. The molecule has 2 rings (SSSR count). The molecule has 8 heteroatoms. The lowest BCUT2D eigenvalue weighted by Gasteiger charge is -2.34. The fraction of sp³-hybridized carbons (Fsp3) is 0.500. The van der Waals surface area contributed by atoms with Gasteiger partial charge in [0.2, 0.25) is 0 Å². The number of carbonyl (C=O) groups excluding carboxylic acids is 2. The number of carbonyl (C=O) groups is 2. The SMILES string of the molecule is CCOC(=O)N1CCN(C(=O)Nc2c(OC)cccc2OC)CC1. The molecular formula is C16H23N3O5. The van der Waals surface area contributed by atoms with Crippen LogP contribution >= 0.6 is 0 Å². The van der Waals surface area contributed by atoms with E-state index in [4.69, 9.17) is 14.2 Å². The van der Waals surface area contributed by atoms with Crippen LogP contribution in [0.25, 0.3) is 0 Å². The number of rotatable bonds is 4. The number of anilines is 1. The molecule has 1 fully saturated rings. The topological polar surface area (TPSA) is 80.3 Å². The van der Waals surface area contributed by atoms with Crippen molar-refractivity contribution in [1.29, 1.82) is 0 Å². The van der Waals surface area contributed by atoms with Gasteiger partial charge in [-0.1, -0.05) is 6.07 Å². The van der Waals surface area contributed by atoms with Gasteiger partial charge in [0.1, 0.15) is 17.2 Å². The van der Waals surface area contributed by atoms with E-state index in [0.29, 0.717) is 50.0 Å². The summed E-state index contributed by atoms with van der Waals surface area (Å²) in [7, 11) is 3.06. The Morgan fingerprint density at radius 2 is 1.58 bits per heavy atom. The number of urea groups is 1. The van der Waals surface area contributed by atoms with Crippen LogP contribution in [-0.4, -0.2) is 68.9 Å². The maximum absolute atomic E-state index is 12.5. The number of benzene rings is 1. The number of piperazine rings is 1. The van der Waals surface area contributed by atoms with E-state index < -0.39 is 0 Å². The molecule has 1 heterocycles. The molecule has 132 valence electrons. The number of nitrogens with one attached hydrogen (secondary N) is 1. The normalized spacial score (nSPS) is 14.1. The van der Waals surface area contributed by atoms with Gasteiger partial charge in [-0.2, -0.15) is 0 Å². The van der Waals surface area contributed by atoms with Gasteiger partial charge >= 0.3 is 12.1 Å². The van der Waals surface area contributed by atoms with Gasteiger partial charge in [-0.25, -0.2) is 9.59 Å². The van der Waals surface area contributed by atoms with Crippen LogP contribution < -0.4 is 14.8 Å². The third-order valence-corrected chi connectivity index (χ3v) is 3.75. The zero-order valence-electron chi connectivity index (χ0n) is 14.2. The minimum absolute atomic E-state index is 0.263. The van der Waals surface area contributed by atoms with Gasteiger partial charge in [0.15, 0.2) is 0 Å².